The van der Waals surface area contributed by atoms with Crippen LogP contribution in [0.3, 0.4) is 0 Å². The van der Waals surface area contributed by atoms with Gasteiger partial charge in [0.15, 0.2) is 0 Å². The zero-order valence-electron chi connectivity index (χ0n) is 11.5. The van der Waals surface area contributed by atoms with E-state index in [4.69, 9.17) is 0 Å². The molecule has 5 heteroatoms. The predicted octanol–water partition coefficient (Wildman–Crippen LogP) is 4.76. The van der Waals surface area contributed by atoms with Crippen LogP contribution in [0.4, 0.5) is 13.2 Å². The van der Waals surface area contributed by atoms with Crippen molar-refractivity contribution in [2.24, 2.45) is 0 Å². The van der Waals surface area contributed by atoms with Crippen molar-refractivity contribution in [3.63, 3.8) is 0 Å². The zero-order valence-corrected chi connectivity index (χ0v) is 13.1. The summed E-state index contributed by atoms with van der Waals surface area (Å²) in [5.74, 6) is -1.51. The maximum absolute atomic E-state index is 13.8. The molecule has 2 aromatic carbocycles. The van der Waals surface area contributed by atoms with E-state index in [1.165, 1.54) is 30.3 Å². The second-order valence-corrected chi connectivity index (χ2v) is 5.53. The summed E-state index contributed by atoms with van der Waals surface area (Å²) in [6.07, 6.45) is 0.149. The fraction of sp³-hybridized carbons (Fsp3) is 0.250. The summed E-state index contributed by atoms with van der Waals surface area (Å²) in [6, 6.07) is 7.80. The Kier molecular flexibility index (Phi) is 5.42. The van der Waals surface area contributed by atoms with Gasteiger partial charge in [-0.3, -0.25) is 0 Å². The van der Waals surface area contributed by atoms with Crippen molar-refractivity contribution < 1.29 is 13.2 Å². The van der Waals surface area contributed by atoms with Gasteiger partial charge in [-0.2, -0.15) is 0 Å². The van der Waals surface area contributed by atoms with Crippen molar-refractivity contribution >= 4 is 15.9 Å². The van der Waals surface area contributed by atoms with Crippen molar-refractivity contribution in [2.45, 2.75) is 19.4 Å². The molecule has 1 unspecified atom stereocenters. The lowest BCUT2D eigenvalue weighted by molar-refractivity contribution is 0.497. The van der Waals surface area contributed by atoms with Crippen LogP contribution in [-0.4, -0.2) is 6.54 Å². The SMILES string of the molecule is CCNC(Cc1c(F)cccc1F)c1ccc(F)cc1Br. The Morgan fingerprint density at radius 1 is 1.10 bits per heavy atom. The Labute approximate surface area is 130 Å². The van der Waals surface area contributed by atoms with Gasteiger partial charge in [-0.15, -0.1) is 0 Å². The summed E-state index contributed by atoms with van der Waals surface area (Å²) in [5, 5.41) is 3.18. The first-order valence-electron chi connectivity index (χ1n) is 6.64. The number of hydrogen-bond acceptors (Lipinski definition) is 1. The third-order valence-electron chi connectivity index (χ3n) is 3.26. The first kappa shape index (κ1) is 16.0. The molecule has 0 spiro atoms. The largest absolute Gasteiger partial charge is 0.310 e. The van der Waals surface area contributed by atoms with Gasteiger partial charge in [0.25, 0.3) is 0 Å². The summed E-state index contributed by atoms with van der Waals surface area (Å²) in [4.78, 5) is 0. The average molecular weight is 358 g/mol. The highest BCUT2D eigenvalue weighted by Crippen LogP contribution is 2.28. The van der Waals surface area contributed by atoms with Gasteiger partial charge in [-0.05, 0) is 42.8 Å². The molecule has 2 aromatic rings. The Bertz CT molecular complexity index is 611. The van der Waals surface area contributed by atoms with Crippen molar-refractivity contribution in [3.05, 3.63) is 69.4 Å². The highest BCUT2D eigenvalue weighted by atomic mass is 79.9. The molecule has 1 atom stereocenters. The third-order valence-corrected chi connectivity index (χ3v) is 3.95. The van der Waals surface area contributed by atoms with Crippen molar-refractivity contribution in [2.75, 3.05) is 6.54 Å². The number of rotatable bonds is 5. The summed E-state index contributed by atoms with van der Waals surface area (Å²) in [6.45, 7) is 2.53. The number of halogens is 4. The van der Waals surface area contributed by atoms with Crippen molar-refractivity contribution in [1.29, 1.82) is 0 Å². The molecule has 0 saturated heterocycles. The standard InChI is InChI=1S/C16H15BrF3N/c1-2-21-16(11-7-6-10(18)8-13(11)17)9-12-14(19)4-3-5-15(12)20/h3-8,16,21H,2,9H2,1H3. The highest BCUT2D eigenvalue weighted by molar-refractivity contribution is 9.10. The Morgan fingerprint density at radius 3 is 2.33 bits per heavy atom. The lowest BCUT2D eigenvalue weighted by Gasteiger charge is -2.20. The van der Waals surface area contributed by atoms with E-state index < -0.39 is 11.6 Å². The number of hydrogen-bond donors (Lipinski definition) is 1. The normalized spacial score (nSPS) is 12.4. The summed E-state index contributed by atoms with van der Waals surface area (Å²) in [5.41, 5.74) is 0.792. The van der Waals surface area contributed by atoms with Crippen LogP contribution >= 0.6 is 15.9 Å². The van der Waals surface area contributed by atoms with Crippen LogP contribution in [0.2, 0.25) is 0 Å². The first-order valence-corrected chi connectivity index (χ1v) is 7.43. The van der Waals surface area contributed by atoms with Gasteiger partial charge in [0.1, 0.15) is 17.5 Å². The highest BCUT2D eigenvalue weighted by Gasteiger charge is 2.19. The van der Waals surface area contributed by atoms with Gasteiger partial charge in [-0.1, -0.05) is 35.0 Å². The van der Waals surface area contributed by atoms with Gasteiger partial charge < -0.3 is 5.32 Å². The minimum absolute atomic E-state index is 0.0275. The molecule has 1 N–H and O–H groups in total. The fourth-order valence-corrected chi connectivity index (χ4v) is 2.88. The maximum Gasteiger partial charge on any atom is 0.129 e. The lowest BCUT2D eigenvalue weighted by Crippen LogP contribution is -2.24. The summed E-state index contributed by atoms with van der Waals surface area (Å²) >= 11 is 3.30. The van der Waals surface area contributed by atoms with E-state index in [0.717, 1.165) is 5.56 Å². The van der Waals surface area contributed by atoms with E-state index in [9.17, 15) is 13.2 Å². The molecule has 0 fully saturated rings. The summed E-state index contributed by atoms with van der Waals surface area (Å²) < 4.78 is 41.3. The van der Waals surface area contributed by atoms with Crippen molar-refractivity contribution in [3.8, 4) is 0 Å². The molecule has 0 aliphatic heterocycles. The van der Waals surface area contributed by atoms with Crippen LogP contribution < -0.4 is 5.32 Å². The fourth-order valence-electron chi connectivity index (χ4n) is 2.25. The van der Waals surface area contributed by atoms with Gasteiger partial charge in [0.2, 0.25) is 0 Å². The quantitative estimate of drug-likeness (QED) is 0.813. The van der Waals surface area contributed by atoms with Crippen LogP contribution in [0, 0.1) is 17.5 Å². The van der Waals surface area contributed by atoms with E-state index in [2.05, 4.69) is 21.2 Å². The topological polar surface area (TPSA) is 12.0 Å². The average Bonchev–Trinajstić information content (AvgIpc) is 2.42. The van der Waals surface area contributed by atoms with Crippen LogP contribution in [0.1, 0.15) is 24.1 Å². The van der Waals surface area contributed by atoms with Gasteiger partial charge >= 0.3 is 0 Å². The molecule has 0 aromatic heterocycles. The number of likely N-dealkylation sites (N-methyl/N-ethyl adjacent to an activating group) is 1. The van der Waals surface area contributed by atoms with E-state index >= 15 is 0 Å². The second kappa shape index (κ2) is 7.09. The zero-order chi connectivity index (χ0) is 15.4. The molecule has 0 amide bonds. The van der Waals surface area contributed by atoms with E-state index in [1.807, 2.05) is 6.92 Å². The Hall–Kier alpha value is -1.33. The first-order chi connectivity index (χ1) is 10.0. The molecular weight excluding hydrogens is 343 g/mol. The van der Waals surface area contributed by atoms with Crippen LogP contribution in [-0.2, 0) is 6.42 Å². The van der Waals surface area contributed by atoms with Crippen molar-refractivity contribution in [1.82, 2.24) is 5.32 Å². The molecule has 0 saturated carbocycles. The molecule has 0 heterocycles. The number of nitrogens with one attached hydrogen (secondary N) is 1. The number of benzene rings is 2. The van der Waals surface area contributed by atoms with Gasteiger partial charge in [-0.25, -0.2) is 13.2 Å². The van der Waals surface area contributed by atoms with Gasteiger partial charge in [0.05, 0.1) is 0 Å². The molecule has 0 aliphatic carbocycles. The monoisotopic (exact) mass is 357 g/mol. The molecule has 0 radical (unpaired) electrons. The second-order valence-electron chi connectivity index (χ2n) is 4.68. The van der Waals surface area contributed by atoms with Crippen LogP contribution in [0.15, 0.2) is 40.9 Å². The molecule has 1 nitrogen and oxygen atoms in total. The molecule has 112 valence electrons. The van der Waals surface area contributed by atoms with Crippen LogP contribution in [0.5, 0.6) is 0 Å². The molecule has 0 aliphatic rings. The molecular formula is C16H15BrF3N. The summed E-state index contributed by atoms with van der Waals surface area (Å²) in [7, 11) is 0. The van der Waals surface area contributed by atoms with E-state index in [0.29, 0.717) is 11.0 Å². The van der Waals surface area contributed by atoms with E-state index in [1.54, 1.807) is 6.07 Å². The Balaban J connectivity index is 2.35. The van der Waals surface area contributed by atoms with E-state index in [-0.39, 0.29) is 23.8 Å². The molecule has 2 rings (SSSR count). The smallest absolute Gasteiger partial charge is 0.129 e. The Morgan fingerprint density at radius 2 is 1.76 bits per heavy atom. The molecule has 0 bridgehead atoms. The minimum Gasteiger partial charge on any atom is -0.310 e. The minimum atomic E-state index is -0.573. The maximum atomic E-state index is 13.8. The third kappa shape index (κ3) is 3.86. The van der Waals surface area contributed by atoms with Crippen LogP contribution in [0.25, 0.3) is 0 Å². The molecule has 21 heavy (non-hydrogen) atoms. The lowest BCUT2D eigenvalue weighted by atomic mass is 9.98. The predicted molar refractivity (Wildman–Crippen MR) is 80.6 cm³/mol. The van der Waals surface area contributed by atoms with Gasteiger partial charge in [0, 0.05) is 16.1 Å².